The third kappa shape index (κ3) is 7.03. The van der Waals surface area contributed by atoms with Gasteiger partial charge in [-0.2, -0.15) is 0 Å². The lowest BCUT2D eigenvalue weighted by molar-refractivity contribution is -0.122. The Morgan fingerprint density at radius 2 is 2.00 bits per heavy atom. The van der Waals surface area contributed by atoms with Crippen LogP contribution in [-0.2, 0) is 9.47 Å². The van der Waals surface area contributed by atoms with E-state index in [2.05, 4.69) is 29.5 Å². The van der Waals surface area contributed by atoms with Gasteiger partial charge in [0.2, 0.25) is 0 Å². The Kier molecular flexibility index (Phi) is 9.26. The van der Waals surface area contributed by atoms with Crippen molar-refractivity contribution in [1.29, 1.82) is 0 Å². The molecule has 0 rings (SSSR count). The summed E-state index contributed by atoms with van der Waals surface area (Å²) in [4.78, 5) is 0. The van der Waals surface area contributed by atoms with Gasteiger partial charge >= 0.3 is 0 Å². The van der Waals surface area contributed by atoms with Gasteiger partial charge in [-0.1, -0.05) is 35.9 Å². The molecule has 0 N–H and O–H groups in total. The highest BCUT2D eigenvalue weighted by Crippen LogP contribution is 2.01. The molecule has 0 heterocycles. The Morgan fingerprint density at radius 1 is 1.27 bits per heavy atom. The molecular formula is C8H17IO2. The fraction of sp³-hybridized carbons (Fsp3) is 1.00. The molecule has 0 aromatic carbocycles. The lowest BCUT2D eigenvalue weighted by Gasteiger charge is -2.14. The van der Waals surface area contributed by atoms with Crippen LogP contribution in [-0.4, -0.2) is 23.9 Å². The average Bonchev–Trinajstić information content (AvgIpc) is 2.03. The number of hydrogen-bond donors (Lipinski definition) is 0. The van der Waals surface area contributed by atoms with Crippen molar-refractivity contribution in [2.45, 2.75) is 33.0 Å². The first-order valence-corrected chi connectivity index (χ1v) is 5.66. The van der Waals surface area contributed by atoms with E-state index in [1.165, 1.54) is 6.42 Å². The SMILES string of the molecule is CCCCOC(CI)OCC. The Morgan fingerprint density at radius 3 is 2.45 bits per heavy atom. The monoisotopic (exact) mass is 272 g/mol. The van der Waals surface area contributed by atoms with Crippen molar-refractivity contribution < 1.29 is 9.47 Å². The van der Waals surface area contributed by atoms with Gasteiger partial charge < -0.3 is 9.47 Å². The van der Waals surface area contributed by atoms with Crippen LogP contribution in [0.25, 0.3) is 0 Å². The molecule has 0 bridgehead atoms. The second kappa shape index (κ2) is 8.74. The number of hydrogen-bond acceptors (Lipinski definition) is 2. The van der Waals surface area contributed by atoms with Crippen LogP contribution in [0.1, 0.15) is 26.7 Å². The van der Waals surface area contributed by atoms with Crippen molar-refractivity contribution in [2.24, 2.45) is 0 Å². The molecule has 1 atom stereocenters. The number of halogens is 1. The van der Waals surface area contributed by atoms with Gasteiger partial charge in [0.05, 0.1) is 4.43 Å². The van der Waals surface area contributed by atoms with Crippen molar-refractivity contribution >= 4 is 22.6 Å². The van der Waals surface area contributed by atoms with Crippen molar-refractivity contribution in [3.05, 3.63) is 0 Å². The number of alkyl halides is 1. The third-order valence-corrected chi connectivity index (χ3v) is 2.00. The van der Waals surface area contributed by atoms with Crippen molar-refractivity contribution in [1.82, 2.24) is 0 Å². The van der Waals surface area contributed by atoms with Gasteiger partial charge in [-0.15, -0.1) is 0 Å². The molecule has 0 aliphatic rings. The lowest BCUT2D eigenvalue weighted by atomic mass is 10.4. The van der Waals surface area contributed by atoms with Crippen LogP contribution in [0.15, 0.2) is 0 Å². The molecule has 0 aromatic rings. The van der Waals surface area contributed by atoms with Crippen molar-refractivity contribution in [2.75, 3.05) is 17.6 Å². The lowest BCUT2D eigenvalue weighted by Crippen LogP contribution is -2.19. The zero-order chi connectivity index (χ0) is 8.53. The summed E-state index contributed by atoms with van der Waals surface area (Å²) in [6.45, 7) is 5.70. The first kappa shape index (κ1) is 11.6. The molecule has 0 saturated heterocycles. The molecule has 0 aliphatic carbocycles. The van der Waals surface area contributed by atoms with Crippen LogP contribution in [0.4, 0.5) is 0 Å². The van der Waals surface area contributed by atoms with E-state index >= 15 is 0 Å². The molecule has 11 heavy (non-hydrogen) atoms. The highest BCUT2D eigenvalue weighted by atomic mass is 127. The minimum atomic E-state index is 0.00662. The van der Waals surface area contributed by atoms with E-state index in [4.69, 9.17) is 9.47 Å². The summed E-state index contributed by atoms with van der Waals surface area (Å²) in [5.41, 5.74) is 0. The van der Waals surface area contributed by atoms with E-state index in [0.717, 1.165) is 24.1 Å². The number of unbranched alkanes of at least 4 members (excludes halogenated alkanes) is 1. The Bertz CT molecular complexity index is 78.5. The predicted molar refractivity (Wildman–Crippen MR) is 55.2 cm³/mol. The van der Waals surface area contributed by atoms with E-state index in [-0.39, 0.29) is 6.29 Å². The van der Waals surface area contributed by atoms with Gasteiger partial charge in [0.25, 0.3) is 0 Å². The minimum Gasteiger partial charge on any atom is -0.352 e. The highest BCUT2D eigenvalue weighted by Gasteiger charge is 2.04. The van der Waals surface area contributed by atoms with Gasteiger partial charge in [-0.05, 0) is 13.3 Å². The maximum atomic E-state index is 5.44. The van der Waals surface area contributed by atoms with E-state index in [1.807, 2.05) is 6.92 Å². The Hall–Kier alpha value is 0.650. The quantitative estimate of drug-likeness (QED) is 0.307. The fourth-order valence-corrected chi connectivity index (χ4v) is 1.19. The smallest absolute Gasteiger partial charge is 0.166 e. The van der Waals surface area contributed by atoms with Crippen LogP contribution >= 0.6 is 22.6 Å². The molecule has 0 aliphatic heterocycles. The first-order valence-electron chi connectivity index (χ1n) is 4.14. The van der Waals surface area contributed by atoms with Gasteiger partial charge in [-0.25, -0.2) is 0 Å². The summed E-state index contributed by atoms with van der Waals surface area (Å²) in [6, 6.07) is 0. The van der Waals surface area contributed by atoms with Crippen LogP contribution < -0.4 is 0 Å². The second-order valence-corrected chi connectivity index (χ2v) is 3.14. The fourth-order valence-electron chi connectivity index (χ4n) is 0.682. The maximum Gasteiger partial charge on any atom is 0.166 e. The number of rotatable bonds is 7. The molecule has 1 unspecified atom stereocenters. The molecule has 0 amide bonds. The zero-order valence-electron chi connectivity index (χ0n) is 7.31. The molecule has 68 valence electrons. The molecule has 0 saturated carbocycles. The molecule has 0 aromatic heterocycles. The van der Waals surface area contributed by atoms with Crippen LogP contribution in [0.3, 0.4) is 0 Å². The van der Waals surface area contributed by atoms with E-state index < -0.39 is 0 Å². The van der Waals surface area contributed by atoms with Crippen LogP contribution in [0.2, 0.25) is 0 Å². The summed E-state index contributed by atoms with van der Waals surface area (Å²) in [5, 5.41) is 0. The normalized spacial score (nSPS) is 13.4. The van der Waals surface area contributed by atoms with E-state index in [9.17, 15) is 0 Å². The molecule has 3 heteroatoms. The Balaban J connectivity index is 3.20. The largest absolute Gasteiger partial charge is 0.352 e. The zero-order valence-corrected chi connectivity index (χ0v) is 9.46. The van der Waals surface area contributed by atoms with Gasteiger partial charge in [0.15, 0.2) is 6.29 Å². The summed E-state index contributed by atoms with van der Waals surface area (Å²) < 4.78 is 11.7. The minimum absolute atomic E-state index is 0.00662. The second-order valence-electron chi connectivity index (χ2n) is 2.26. The summed E-state index contributed by atoms with van der Waals surface area (Å²) in [5.74, 6) is 0. The van der Waals surface area contributed by atoms with Crippen LogP contribution in [0.5, 0.6) is 0 Å². The topological polar surface area (TPSA) is 18.5 Å². The number of ether oxygens (including phenoxy) is 2. The van der Waals surface area contributed by atoms with Crippen molar-refractivity contribution in [3.63, 3.8) is 0 Å². The van der Waals surface area contributed by atoms with Gasteiger partial charge in [-0.3, -0.25) is 0 Å². The van der Waals surface area contributed by atoms with Crippen LogP contribution in [0, 0.1) is 0 Å². The molecular weight excluding hydrogens is 255 g/mol. The van der Waals surface area contributed by atoms with Crippen molar-refractivity contribution in [3.8, 4) is 0 Å². The summed E-state index contributed by atoms with van der Waals surface area (Å²) in [7, 11) is 0. The predicted octanol–water partition coefficient (Wildman–Crippen LogP) is 2.60. The Labute approximate surface area is 82.8 Å². The maximum absolute atomic E-state index is 5.44. The first-order chi connectivity index (χ1) is 5.35. The summed E-state index contributed by atoms with van der Waals surface area (Å²) >= 11 is 2.27. The van der Waals surface area contributed by atoms with E-state index in [0.29, 0.717) is 0 Å². The van der Waals surface area contributed by atoms with Gasteiger partial charge in [0, 0.05) is 13.2 Å². The highest BCUT2D eigenvalue weighted by molar-refractivity contribution is 14.1. The molecule has 0 radical (unpaired) electrons. The van der Waals surface area contributed by atoms with E-state index in [1.54, 1.807) is 0 Å². The van der Waals surface area contributed by atoms with Gasteiger partial charge in [0.1, 0.15) is 0 Å². The standard InChI is InChI=1S/C8H17IO2/c1-3-5-6-11-8(7-9)10-4-2/h8H,3-7H2,1-2H3. The molecule has 0 spiro atoms. The third-order valence-electron chi connectivity index (χ3n) is 1.28. The molecule has 2 nitrogen and oxygen atoms in total. The molecule has 0 fully saturated rings. The summed E-state index contributed by atoms with van der Waals surface area (Å²) in [6.07, 6.45) is 2.31. The average molecular weight is 272 g/mol.